The summed E-state index contributed by atoms with van der Waals surface area (Å²) in [5.74, 6) is 1.14. The number of ether oxygens (including phenoxy) is 3. The molecule has 33 heavy (non-hydrogen) atoms. The van der Waals surface area contributed by atoms with Crippen molar-refractivity contribution in [1.82, 2.24) is 0 Å². The number of carbonyl (C=O) groups is 1. The molecule has 0 fully saturated rings. The molecule has 0 saturated heterocycles. The molecule has 0 radical (unpaired) electrons. The minimum atomic E-state index is -0.697. The van der Waals surface area contributed by atoms with E-state index < -0.39 is 5.97 Å². The van der Waals surface area contributed by atoms with Crippen LogP contribution >= 0.6 is 11.6 Å². The summed E-state index contributed by atoms with van der Waals surface area (Å²) in [5.41, 5.74) is 7.91. The average molecular weight is 467 g/mol. The minimum absolute atomic E-state index is 0.0408. The number of halogens is 1. The Hall–Kier alpha value is -3.97. The van der Waals surface area contributed by atoms with E-state index in [4.69, 9.17) is 36.4 Å². The molecular formula is C25H23ClN2O5. The predicted octanol–water partition coefficient (Wildman–Crippen LogP) is 4.81. The number of hydrogen-bond acceptors (Lipinski definition) is 6. The molecule has 0 aliphatic rings. The summed E-state index contributed by atoms with van der Waals surface area (Å²) in [6.07, 6.45) is 2.84. The molecule has 0 aliphatic carbocycles. The Labute approximate surface area is 197 Å². The summed E-state index contributed by atoms with van der Waals surface area (Å²) >= 11 is 5.99. The first-order chi connectivity index (χ1) is 16.0. The molecule has 0 aliphatic heterocycles. The molecule has 0 heterocycles. The van der Waals surface area contributed by atoms with Gasteiger partial charge in [-0.05, 0) is 54.1 Å². The molecule has 0 amide bonds. The van der Waals surface area contributed by atoms with E-state index in [0.29, 0.717) is 28.7 Å². The van der Waals surface area contributed by atoms with Crippen LogP contribution in [0, 0.1) is 0 Å². The molecular weight excluding hydrogens is 444 g/mol. The monoisotopic (exact) mass is 466 g/mol. The Balaban J connectivity index is 1.66. The van der Waals surface area contributed by atoms with Gasteiger partial charge in [0.2, 0.25) is 0 Å². The quantitative estimate of drug-likeness (QED) is 0.160. The maximum atomic E-state index is 12.1. The van der Waals surface area contributed by atoms with E-state index in [2.05, 4.69) is 5.16 Å². The first-order valence-electron chi connectivity index (χ1n) is 9.91. The lowest BCUT2D eigenvalue weighted by Crippen LogP contribution is -2.16. The molecule has 3 aromatic carbocycles. The van der Waals surface area contributed by atoms with Crippen molar-refractivity contribution in [2.24, 2.45) is 10.9 Å². The van der Waals surface area contributed by atoms with Crippen LogP contribution in [0.25, 0.3) is 6.08 Å². The van der Waals surface area contributed by atoms with Crippen molar-refractivity contribution in [3.63, 3.8) is 0 Å². The van der Waals surface area contributed by atoms with Crippen molar-refractivity contribution in [2.45, 2.75) is 6.61 Å². The van der Waals surface area contributed by atoms with Crippen LogP contribution < -0.4 is 19.9 Å². The fraction of sp³-hybridized carbons (Fsp3) is 0.120. The topological polar surface area (TPSA) is 92.4 Å². The lowest BCUT2D eigenvalue weighted by molar-refractivity contribution is -0.137. The zero-order valence-corrected chi connectivity index (χ0v) is 18.9. The normalized spacial score (nSPS) is 11.3. The largest absolute Gasteiger partial charge is 0.496 e. The fourth-order valence-electron chi connectivity index (χ4n) is 2.91. The molecule has 170 valence electrons. The van der Waals surface area contributed by atoms with Crippen molar-refractivity contribution < 1.29 is 23.8 Å². The summed E-state index contributed by atoms with van der Waals surface area (Å²) in [6.45, 7) is 0.307. The van der Waals surface area contributed by atoms with Gasteiger partial charge in [-0.1, -0.05) is 41.0 Å². The smallest absolute Gasteiger partial charge is 0.358 e. The second-order valence-corrected chi connectivity index (χ2v) is 7.17. The van der Waals surface area contributed by atoms with Gasteiger partial charge in [-0.15, -0.1) is 0 Å². The van der Waals surface area contributed by atoms with E-state index in [1.165, 1.54) is 13.2 Å². The van der Waals surface area contributed by atoms with E-state index >= 15 is 0 Å². The summed E-state index contributed by atoms with van der Waals surface area (Å²) < 4.78 is 16.4. The summed E-state index contributed by atoms with van der Waals surface area (Å²) in [6, 6.07) is 19.8. The number of nitrogens with two attached hydrogens (primary N) is 1. The molecule has 0 unspecified atom stereocenters. The van der Waals surface area contributed by atoms with Crippen LogP contribution in [0.3, 0.4) is 0 Å². The molecule has 0 saturated carbocycles. The number of hydrogen-bond donors (Lipinski definition) is 1. The maximum Gasteiger partial charge on any atom is 0.358 e. The summed E-state index contributed by atoms with van der Waals surface area (Å²) in [5, 5.41) is 4.13. The SMILES string of the molecule is COc1ccc(/C=C\C(=O)O/N=C(\N)c2cc(Cl)ccc2OC)cc1COc1ccccc1. The number of amidine groups is 1. The van der Waals surface area contributed by atoms with Gasteiger partial charge in [-0.25, -0.2) is 4.79 Å². The van der Waals surface area contributed by atoms with Gasteiger partial charge in [0.15, 0.2) is 5.84 Å². The Bertz CT molecular complexity index is 1160. The van der Waals surface area contributed by atoms with Crippen LogP contribution in [-0.2, 0) is 16.2 Å². The molecule has 0 atom stereocenters. The fourth-order valence-corrected chi connectivity index (χ4v) is 3.08. The Morgan fingerprint density at radius 2 is 1.73 bits per heavy atom. The van der Waals surface area contributed by atoms with Crippen LogP contribution in [-0.4, -0.2) is 26.0 Å². The molecule has 0 aromatic heterocycles. The number of oxime groups is 1. The third-order valence-electron chi connectivity index (χ3n) is 4.53. The lowest BCUT2D eigenvalue weighted by Gasteiger charge is -2.11. The number of benzene rings is 3. The second-order valence-electron chi connectivity index (χ2n) is 6.74. The third kappa shape index (κ3) is 6.75. The number of rotatable bonds is 9. The molecule has 3 aromatic rings. The van der Waals surface area contributed by atoms with Crippen LogP contribution in [0.1, 0.15) is 16.7 Å². The van der Waals surface area contributed by atoms with Gasteiger partial charge >= 0.3 is 5.97 Å². The zero-order valence-electron chi connectivity index (χ0n) is 18.2. The van der Waals surface area contributed by atoms with E-state index in [1.54, 1.807) is 37.5 Å². The van der Waals surface area contributed by atoms with Crippen LogP contribution in [0.2, 0.25) is 5.02 Å². The highest BCUT2D eigenvalue weighted by atomic mass is 35.5. The van der Waals surface area contributed by atoms with Crippen molar-refractivity contribution >= 4 is 29.5 Å². The molecule has 0 spiro atoms. The highest BCUT2D eigenvalue weighted by Gasteiger charge is 2.10. The second kappa shape index (κ2) is 11.6. The lowest BCUT2D eigenvalue weighted by atomic mass is 10.1. The molecule has 7 nitrogen and oxygen atoms in total. The zero-order chi connectivity index (χ0) is 23.6. The number of carbonyl (C=O) groups excluding carboxylic acids is 1. The Morgan fingerprint density at radius 1 is 1.00 bits per heavy atom. The van der Waals surface area contributed by atoms with Crippen molar-refractivity contribution in [2.75, 3.05) is 14.2 Å². The van der Waals surface area contributed by atoms with Crippen molar-refractivity contribution in [1.29, 1.82) is 0 Å². The average Bonchev–Trinajstić information content (AvgIpc) is 2.85. The van der Waals surface area contributed by atoms with Crippen LogP contribution in [0.5, 0.6) is 17.2 Å². The van der Waals surface area contributed by atoms with Gasteiger partial charge in [-0.3, -0.25) is 0 Å². The predicted molar refractivity (Wildman–Crippen MR) is 128 cm³/mol. The van der Waals surface area contributed by atoms with Crippen molar-refractivity contribution in [3.8, 4) is 17.2 Å². The molecule has 2 N–H and O–H groups in total. The van der Waals surface area contributed by atoms with E-state index in [1.807, 2.05) is 42.5 Å². The Kier molecular flexibility index (Phi) is 8.32. The maximum absolute atomic E-state index is 12.1. The van der Waals surface area contributed by atoms with Gasteiger partial charge in [0, 0.05) is 16.7 Å². The summed E-state index contributed by atoms with van der Waals surface area (Å²) in [4.78, 5) is 17.0. The van der Waals surface area contributed by atoms with Gasteiger partial charge < -0.3 is 24.8 Å². The number of nitrogens with zero attached hydrogens (tertiary/aromatic N) is 1. The molecule has 8 heteroatoms. The molecule has 3 rings (SSSR count). The first kappa shape index (κ1) is 23.7. The van der Waals surface area contributed by atoms with Crippen LogP contribution in [0.15, 0.2) is 78.0 Å². The van der Waals surface area contributed by atoms with E-state index in [9.17, 15) is 4.79 Å². The highest BCUT2D eigenvalue weighted by Crippen LogP contribution is 2.24. The van der Waals surface area contributed by atoms with Crippen LogP contribution in [0.4, 0.5) is 0 Å². The third-order valence-corrected chi connectivity index (χ3v) is 4.76. The van der Waals surface area contributed by atoms with Gasteiger partial charge in [-0.2, -0.15) is 0 Å². The summed E-state index contributed by atoms with van der Waals surface area (Å²) in [7, 11) is 3.08. The number of para-hydroxylation sites is 1. The van der Waals surface area contributed by atoms with E-state index in [0.717, 1.165) is 16.9 Å². The van der Waals surface area contributed by atoms with Gasteiger partial charge in [0.05, 0.1) is 19.8 Å². The first-order valence-corrected chi connectivity index (χ1v) is 10.3. The number of methoxy groups -OCH3 is 2. The molecule has 0 bridgehead atoms. The van der Waals surface area contributed by atoms with Gasteiger partial charge in [0.25, 0.3) is 0 Å². The minimum Gasteiger partial charge on any atom is -0.496 e. The standard InChI is InChI=1S/C25H23ClN2O5/c1-30-22-11-8-17(14-18(22)16-32-20-6-4-3-5-7-20)9-13-24(29)33-28-25(27)21-15-19(26)10-12-23(21)31-2/h3-15H,16H2,1-2H3,(H2,27,28)/b13-9-. The van der Waals surface area contributed by atoms with E-state index in [-0.39, 0.29) is 5.84 Å². The Morgan fingerprint density at radius 3 is 2.45 bits per heavy atom. The van der Waals surface area contributed by atoms with Crippen molar-refractivity contribution in [3.05, 3.63) is 94.5 Å². The van der Waals surface area contributed by atoms with Gasteiger partial charge in [0.1, 0.15) is 23.9 Å². The highest BCUT2D eigenvalue weighted by molar-refractivity contribution is 6.31.